The SMILES string of the molecule is CCC(CC)(CN)NS(=O)(=O)N(C)CCC(=O)OC. The minimum Gasteiger partial charge on any atom is -0.469 e. The van der Waals surface area contributed by atoms with Crippen LogP contribution in [0.15, 0.2) is 0 Å². The average molecular weight is 295 g/mol. The van der Waals surface area contributed by atoms with E-state index in [1.54, 1.807) is 0 Å². The number of esters is 1. The first-order valence-corrected chi connectivity index (χ1v) is 7.73. The van der Waals surface area contributed by atoms with Crippen molar-refractivity contribution in [1.29, 1.82) is 0 Å². The molecule has 0 radical (unpaired) electrons. The van der Waals surface area contributed by atoms with Gasteiger partial charge in [-0.05, 0) is 12.8 Å². The molecule has 3 N–H and O–H groups in total. The lowest BCUT2D eigenvalue weighted by molar-refractivity contribution is -0.140. The maximum Gasteiger partial charge on any atom is 0.306 e. The first-order chi connectivity index (χ1) is 8.76. The molecule has 0 saturated carbocycles. The average Bonchev–Trinajstić information content (AvgIpc) is 2.41. The molecule has 8 heteroatoms. The van der Waals surface area contributed by atoms with Crippen LogP contribution in [0.25, 0.3) is 0 Å². The zero-order chi connectivity index (χ0) is 15.1. The zero-order valence-electron chi connectivity index (χ0n) is 12.1. The van der Waals surface area contributed by atoms with Crippen molar-refractivity contribution in [3.63, 3.8) is 0 Å². The van der Waals surface area contributed by atoms with Gasteiger partial charge in [0.15, 0.2) is 0 Å². The van der Waals surface area contributed by atoms with Crippen LogP contribution in [0.1, 0.15) is 33.1 Å². The van der Waals surface area contributed by atoms with Gasteiger partial charge >= 0.3 is 5.97 Å². The number of ether oxygens (including phenoxy) is 1. The third-order valence-corrected chi connectivity index (χ3v) is 5.05. The molecule has 0 aliphatic heterocycles. The minimum atomic E-state index is -3.66. The molecule has 0 aliphatic carbocycles. The molecule has 0 spiro atoms. The molecule has 0 fully saturated rings. The first kappa shape index (κ1) is 18.3. The highest BCUT2D eigenvalue weighted by atomic mass is 32.2. The molecule has 0 bridgehead atoms. The predicted octanol–water partition coefficient (Wildman–Crippen LogP) is -0.167. The van der Waals surface area contributed by atoms with Gasteiger partial charge in [0.25, 0.3) is 10.2 Å². The van der Waals surface area contributed by atoms with Crippen LogP contribution < -0.4 is 10.5 Å². The fourth-order valence-electron chi connectivity index (χ4n) is 1.55. The van der Waals surface area contributed by atoms with Gasteiger partial charge in [-0.2, -0.15) is 17.4 Å². The number of hydrogen-bond acceptors (Lipinski definition) is 5. The summed E-state index contributed by atoms with van der Waals surface area (Å²) >= 11 is 0. The second kappa shape index (κ2) is 7.78. The Morgan fingerprint density at radius 2 is 1.89 bits per heavy atom. The molecule has 0 amide bonds. The van der Waals surface area contributed by atoms with Crippen LogP contribution in [0, 0.1) is 0 Å². The molecule has 0 aromatic carbocycles. The summed E-state index contributed by atoms with van der Waals surface area (Å²) in [5.41, 5.74) is 5.02. The number of carbonyl (C=O) groups excluding carboxylic acids is 1. The largest absolute Gasteiger partial charge is 0.469 e. The molecule has 19 heavy (non-hydrogen) atoms. The molecule has 0 aromatic heterocycles. The molecule has 0 heterocycles. The van der Waals surface area contributed by atoms with E-state index in [4.69, 9.17) is 5.73 Å². The number of rotatable bonds is 9. The van der Waals surface area contributed by atoms with Gasteiger partial charge < -0.3 is 10.5 Å². The smallest absolute Gasteiger partial charge is 0.306 e. The van der Waals surface area contributed by atoms with E-state index in [9.17, 15) is 13.2 Å². The van der Waals surface area contributed by atoms with E-state index >= 15 is 0 Å². The lowest BCUT2D eigenvalue weighted by atomic mass is 9.95. The van der Waals surface area contributed by atoms with Gasteiger partial charge in [0.1, 0.15) is 0 Å². The Kier molecular flexibility index (Phi) is 7.50. The van der Waals surface area contributed by atoms with Crippen LogP contribution in [-0.2, 0) is 19.7 Å². The fourth-order valence-corrected chi connectivity index (χ4v) is 2.95. The van der Waals surface area contributed by atoms with Crippen molar-refractivity contribution in [1.82, 2.24) is 9.03 Å². The normalized spacial score (nSPS) is 12.7. The molecule has 0 saturated heterocycles. The van der Waals surface area contributed by atoms with E-state index in [1.807, 2.05) is 13.8 Å². The quantitative estimate of drug-likeness (QED) is 0.575. The fraction of sp³-hybridized carbons (Fsp3) is 0.909. The van der Waals surface area contributed by atoms with Gasteiger partial charge in [-0.15, -0.1) is 0 Å². The van der Waals surface area contributed by atoms with Gasteiger partial charge in [-0.25, -0.2) is 0 Å². The number of nitrogens with one attached hydrogen (secondary N) is 1. The predicted molar refractivity (Wildman–Crippen MR) is 73.7 cm³/mol. The Balaban J connectivity index is 4.73. The van der Waals surface area contributed by atoms with Gasteiger partial charge in [0, 0.05) is 25.7 Å². The van der Waals surface area contributed by atoms with Gasteiger partial charge in [-0.3, -0.25) is 4.79 Å². The van der Waals surface area contributed by atoms with Crippen molar-refractivity contribution < 1.29 is 17.9 Å². The minimum absolute atomic E-state index is 0.0157. The van der Waals surface area contributed by atoms with E-state index in [0.29, 0.717) is 12.8 Å². The van der Waals surface area contributed by atoms with Gasteiger partial charge in [-0.1, -0.05) is 13.8 Å². The lowest BCUT2D eigenvalue weighted by Crippen LogP contribution is -2.56. The molecular weight excluding hydrogens is 270 g/mol. The topological polar surface area (TPSA) is 102 Å². The number of carbonyl (C=O) groups is 1. The Hall–Kier alpha value is -0.700. The summed E-state index contributed by atoms with van der Waals surface area (Å²) in [4.78, 5) is 11.0. The standard InChI is InChI=1S/C11H25N3O4S/c1-5-11(6-2,9-12)13-19(16,17)14(3)8-7-10(15)18-4/h13H,5-9,12H2,1-4H3. The molecule has 7 nitrogen and oxygen atoms in total. The first-order valence-electron chi connectivity index (χ1n) is 6.29. The maximum absolute atomic E-state index is 12.1. The van der Waals surface area contributed by atoms with E-state index < -0.39 is 21.7 Å². The Bertz CT molecular complexity index is 371. The van der Waals surface area contributed by atoms with E-state index in [-0.39, 0.29) is 19.5 Å². The zero-order valence-corrected chi connectivity index (χ0v) is 12.9. The molecule has 0 aromatic rings. The monoisotopic (exact) mass is 295 g/mol. The van der Waals surface area contributed by atoms with Crippen LogP contribution in [0.3, 0.4) is 0 Å². The molecule has 0 rings (SSSR count). The maximum atomic E-state index is 12.1. The summed E-state index contributed by atoms with van der Waals surface area (Å²) in [6.45, 7) is 4.06. The van der Waals surface area contributed by atoms with Crippen molar-refractivity contribution in [3.8, 4) is 0 Å². The Labute approximate surface area is 115 Å². The van der Waals surface area contributed by atoms with Gasteiger partial charge in [0.2, 0.25) is 0 Å². The summed E-state index contributed by atoms with van der Waals surface area (Å²) in [5, 5.41) is 0. The van der Waals surface area contributed by atoms with E-state index in [1.165, 1.54) is 14.2 Å². The van der Waals surface area contributed by atoms with Crippen LogP contribution in [0.4, 0.5) is 0 Å². The second-order valence-electron chi connectivity index (χ2n) is 4.45. The highest BCUT2D eigenvalue weighted by Gasteiger charge is 2.32. The van der Waals surface area contributed by atoms with E-state index in [0.717, 1.165) is 4.31 Å². The summed E-state index contributed by atoms with van der Waals surface area (Å²) < 4.78 is 32.5. The van der Waals surface area contributed by atoms with Crippen LogP contribution in [0.2, 0.25) is 0 Å². The number of nitrogens with zero attached hydrogens (tertiary/aromatic N) is 1. The van der Waals surface area contributed by atoms with Crippen molar-refractivity contribution in [2.75, 3.05) is 27.2 Å². The Morgan fingerprint density at radius 3 is 2.26 bits per heavy atom. The summed E-state index contributed by atoms with van der Waals surface area (Å²) in [6, 6.07) is 0. The second-order valence-corrected chi connectivity index (χ2v) is 6.22. The van der Waals surface area contributed by atoms with Crippen molar-refractivity contribution >= 4 is 16.2 Å². The summed E-state index contributed by atoms with van der Waals surface area (Å²) in [6.07, 6.45) is 1.22. The van der Waals surface area contributed by atoms with Crippen LogP contribution in [0.5, 0.6) is 0 Å². The van der Waals surface area contributed by atoms with E-state index in [2.05, 4.69) is 9.46 Å². The highest BCUT2D eigenvalue weighted by molar-refractivity contribution is 7.87. The van der Waals surface area contributed by atoms with Crippen molar-refractivity contribution in [2.24, 2.45) is 5.73 Å². The molecule has 0 aliphatic rings. The number of nitrogens with two attached hydrogens (primary N) is 1. The molecule has 0 atom stereocenters. The Morgan fingerprint density at radius 1 is 1.37 bits per heavy atom. The summed E-state index contributed by atoms with van der Waals surface area (Å²) in [5.74, 6) is -0.446. The summed E-state index contributed by atoms with van der Waals surface area (Å²) in [7, 11) is -0.981. The number of methoxy groups -OCH3 is 1. The third-order valence-electron chi connectivity index (χ3n) is 3.36. The van der Waals surface area contributed by atoms with Crippen LogP contribution in [-0.4, -0.2) is 51.5 Å². The molecule has 114 valence electrons. The number of hydrogen-bond donors (Lipinski definition) is 2. The molecular formula is C11H25N3O4S. The van der Waals surface area contributed by atoms with Gasteiger partial charge in [0.05, 0.1) is 13.5 Å². The highest BCUT2D eigenvalue weighted by Crippen LogP contribution is 2.15. The van der Waals surface area contributed by atoms with Crippen LogP contribution >= 0.6 is 0 Å². The van der Waals surface area contributed by atoms with Crippen molar-refractivity contribution in [3.05, 3.63) is 0 Å². The molecule has 0 unspecified atom stereocenters. The lowest BCUT2D eigenvalue weighted by Gasteiger charge is -2.32. The third kappa shape index (κ3) is 5.43. The van der Waals surface area contributed by atoms with Crippen molar-refractivity contribution in [2.45, 2.75) is 38.6 Å².